The topological polar surface area (TPSA) is 66.4 Å². The summed E-state index contributed by atoms with van der Waals surface area (Å²) in [6.07, 6.45) is 0.176. The third-order valence-electron chi connectivity index (χ3n) is 3.18. The van der Waals surface area contributed by atoms with E-state index in [4.69, 9.17) is 5.11 Å². The van der Waals surface area contributed by atoms with Crippen molar-refractivity contribution in [2.24, 2.45) is 5.92 Å². The quantitative estimate of drug-likeness (QED) is 0.841. The highest BCUT2D eigenvalue weighted by Gasteiger charge is 2.25. The van der Waals surface area contributed by atoms with Crippen LogP contribution in [0.1, 0.15) is 25.8 Å². The van der Waals surface area contributed by atoms with Crippen LogP contribution in [0.5, 0.6) is 0 Å². The molecule has 0 fully saturated rings. The summed E-state index contributed by atoms with van der Waals surface area (Å²) >= 11 is 0. The molecule has 0 saturated heterocycles. The van der Waals surface area contributed by atoms with E-state index in [1.807, 2.05) is 0 Å². The number of hydrogen-bond donors (Lipinski definition) is 2. The van der Waals surface area contributed by atoms with Crippen molar-refractivity contribution in [3.05, 3.63) is 35.4 Å². The van der Waals surface area contributed by atoms with Gasteiger partial charge in [0.15, 0.2) is 11.6 Å². The van der Waals surface area contributed by atoms with Gasteiger partial charge in [0.2, 0.25) is 5.91 Å². The molecular weight excluding hydrogens is 268 g/mol. The summed E-state index contributed by atoms with van der Waals surface area (Å²) in [5, 5.41) is 11.4. The molecule has 6 heteroatoms. The number of aliphatic carboxylic acids is 1. The van der Waals surface area contributed by atoms with Gasteiger partial charge in [0.05, 0.1) is 6.42 Å². The lowest BCUT2D eigenvalue weighted by molar-refractivity contribution is -0.143. The molecule has 0 heterocycles. The zero-order valence-corrected chi connectivity index (χ0v) is 11.3. The molecule has 4 nitrogen and oxygen atoms in total. The Morgan fingerprint density at radius 1 is 1.35 bits per heavy atom. The minimum Gasteiger partial charge on any atom is -0.480 e. The fourth-order valence-corrected chi connectivity index (χ4v) is 1.77. The molecular formula is C14H17F2NO3. The number of rotatable bonds is 6. The van der Waals surface area contributed by atoms with Crippen molar-refractivity contribution in [1.82, 2.24) is 5.32 Å². The molecule has 0 bridgehead atoms. The van der Waals surface area contributed by atoms with Crippen LogP contribution in [-0.2, 0) is 16.0 Å². The number of carboxylic acids is 1. The molecule has 1 unspecified atom stereocenters. The first-order valence-electron chi connectivity index (χ1n) is 6.31. The standard InChI is InChI=1S/C14H17F2NO3/c1-3-8(2)13(14(19)20)17-11(18)7-9-5-4-6-10(15)12(9)16/h4-6,8,13H,3,7H2,1-2H3,(H,17,18)(H,19,20)/t8?,13-/m0/s1. The van der Waals surface area contributed by atoms with Crippen LogP contribution in [0.25, 0.3) is 0 Å². The summed E-state index contributed by atoms with van der Waals surface area (Å²) < 4.78 is 26.4. The SMILES string of the molecule is CCC(C)[C@H](NC(=O)Cc1cccc(F)c1F)C(=O)O. The van der Waals surface area contributed by atoms with Gasteiger partial charge < -0.3 is 10.4 Å². The maximum atomic E-state index is 13.4. The predicted octanol–water partition coefficient (Wildman–Crippen LogP) is 2.12. The predicted molar refractivity (Wildman–Crippen MR) is 69.1 cm³/mol. The number of nitrogens with one attached hydrogen (secondary N) is 1. The van der Waals surface area contributed by atoms with Crippen LogP contribution in [0.2, 0.25) is 0 Å². The molecule has 0 aliphatic rings. The Bertz CT molecular complexity index is 505. The second kappa shape index (κ2) is 6.98. The minimum absolute atomic E-state index is 0.101. The highest BCUT2D eigenvalue weighted by molar-refractivity contribution is 5.85. The average Bonchev–Trinajstić information content (AvgIpc) is 2.40. The monoisotopic (exact) mass is 285 g/mol. The fraction of sp³-hybridized carbons (Fsp3) is 0.429. The molecule has 0 aliphatic heterocycles. The van der Waals surface area contributed by atoms with E-state index >= 15 is 0 Å². The van der Waals surface area contributed by atoms with Gasteiger partial charge in [0.1, 0.15) is 6.04 Å². The Kier molecular flexibility index (Phi) is 5.61. The number of amides is 1. The van der Waals surface area contributed by atoms with Crippen LogP contribution in [0.15, 0.2) is 18.2 Å². The number of carbonyl (C=O) groups is 2. The first kappa shape index (κ1) is 16.1. The maximum Gasteiger partial charge on any atom is 0.326 e. The maximum absolute atomic E-state index is 13.4. The van der Waals surface area contributed by atoms with E-state index in [0.29, 0.717) is 6.42 Å². The third kappa shape index (κ3) is 4.01. The van der Waals surface area contributed by atoms with Gasteiger partial charge in [0.25, 0.3) is 0 Å². The Morgan fingerprint density at radius 2 is 2.00 bits per heavy atom. The first-order valence-corrected chi connectivity index (χ1v) is 6.31. The summed E-state index contributed by atoms with van der Waals surface area (Å²) in [6, 6.07) is 2.50. The Hall–Kier alpha value is -1.98. The van der Waals surface area contributed by atoms with Gasteiger partial charge in [0, 0.05) is 5.56 Å². The fourth-order valence-electron chi connectivity index (χ4n) is 1.77. The summed E-state index contributed by atoms with van der Waals surface area (Å²) in [5.41, 5.74) is -0.101. The van der Waals surface area contributed by atoms with Gasteiger partial charge in [-0.25, -0.2) is 13.6 Å². The van der Waals surface area contributed by atoms with E-state index < -0.39 is 36.0 Å². The molecule has 1 aromatic carbocycles. The highest BCUT2D eigenvalue weighted by Crippen LogP contribution is 2.13. The van der Waals surface area contributed by atoms with Gasteiger partial charge in [-0.15, -0.1) is 0 Å². The van der Waals surface area contributed by atoms with Crippen LogP contribution in [0.3, 0.4) is 0 Å². The second-order valence-electron chi connectivity index (χ2n) is 4.66. The van der Waals surface area contributed by atoms with Crippen molar-refractivity contribution in [2.75, 3.05) is 0 Å². The van der Waals surface area contributed by atoms with E-state index in [9.17, 15) is 18.4 Å². The largest absolute Gasteiger partial charge is 0.480 e. The van der Waals surface area contributed by atoms with Crippen molar-refractivity contribution < 1.29 is 23.5 Å². The second-order valence-corrected chi connectivity index (χ2v) is 4.66. The molecule has 0 aliphatic carbocycles. The van der Waals surface area contributed by atoms with Crippen LogP contribution >= 0.6 is 0 Å². The smallest absolute Gasteiger partial charge is 0.326 e. The zero-order valence-electron chi connectivity index (χ0n) is 11.3. The lowest BCUT2D eigenvalue weighted by Gasteiger charge is -2.20. The number of halogens is 2. The average molecular weight is 285 g/mol. The van der Waals surface area contributed by atoms with E-state index in [1.54, 1.807) is 13.8 Å². The summed E-state index contributed by atoms with van der Waals surface area (Å²) in [6.45, 7) is 3.50. The molecule has 2 N–H and O–H groups in total. The Labute approximate surface area is 115 Å². The van der Waals surface area contributed by atoms with Crippen molar-refractivity contribution >= 4 is 11.9 Å². The molecule has 1 amide bonds. The lowest BCUT2D eigenvalue weighted by Crippen LogP contribution is -2.45. The van der Waals surface area contributed by atoms with Crippen LogP contribution in [0, 0.1) is 17.6 Å². The van der Waals surface area contributed by atoms with Crippen molar-refractivity contribution in [1.29, 1.82) is 0 Å². The Balaban J connectivity index is 2.76. The molecule has 0 saturated carbocycles. The molecule has 20 heavy (non-hydrogen) atoms. The van der Waals surface area contributed by atoms with E-state index in [0.717, 1.165) is 6.07 Å². The van der Waals surface area contributed by atoms with Crippen LogP contribution < -0.4 is 5.32 Å². The Morgan fingerprint density at radius 3 is 2.55 bits per heavy atom. The molecule has 0 aromatic heterocycles. The molecule has 0 spiro atoms. The minimum atomic E-state index is -1.15. The lowest BCUT2D eigenvalue weighted by atomic mass is 9.99. The van der Waals surface area contributed by atoms with Gasteiger partial charge in [-0.1, -0.05) is 32.4 Å². The number of carbonyl (C=O) groups excluding carboxylic acids is 1. The molecule has 2 atom stereocenters. The van der Waals surface area contributed by atoms with E-state index in [1.165, 1.54) is 12.1 Å². The van der Waals surface area contributed by atoms with E-state index in [-0.39, 0.29) is 11.5 Å². The summed E-state index contributed by atoms with van der Waals surface area (Å²) in [7, 11) is 0. The van der Waals surface area contributed by atoms with Gasteiger partial charge in [-0.3, -0.25) is 4.79 Å². The number of carboxylic acid groups (broad SMARTS) is 1. The van der Waals surface area contributed by atoms with Crippen molar-refractivity contribution in [3.8, 4) is 0 Å². The number of hydrogen-bond acceptors (Lipinski definition) is 2. The first-order chi connectivity index (χ1) is 9.36. The normalized spacial score (nSPS) is 13.6. The highest BCUT2D eigenvalue weighted by atomic mass is 19.2. The molecule has 1 aromatic rings. The third-order valence-corrected chi connectivity index (χ3v) is 3.18. The number of benzene rings is 1. The van der Waals surface area contributed by atoms with E-state index in [2.05, 4.69) is 5.32 Å². The summed E-state index contributed by atoms with van der Waals surface area (Å²) in [4.78, 5) is 22.8. The molecule has 110 valence electrons. The van der Waals surface area contributed by atoms with Crippen LogP contribution in [0.4, 0.5) is 8.78 Å². The zero-order chi connectivity index (χ0) is 15.3. The summed E-state index contributed by atoms with van der Waals surface area (Å²) in [5.74, 6) is -4.17. The molecule has 1 rings (SSSR count). The van der Waals surface area contributed by atoms with Gasteiger partial charge >= 0.3 is 5.97 Å². The van der Waals surface area contributed by atoms with Crippen molar-refractivity contribution in [2.45, 2.75) is 32.7 Å². The van der Waals surface area contributed by atoms with Gasteiger partial charge in [-0.05, 0) is 12.0 Å². The van der Waals surface area contributed by atoms with Crippen molar-refractivity contribution in [3.63, 3.8) is 0 Å². The van der Waals surface area contributed by atoms with Crippen LogP contribution in [-0.4, -0.2) is 23.0 Å². The van der Waals surface area contributed by atoms with Gasteiger partial charge in [-0.2, -0.15) is 0 Å². The molecule has 0 radical (unpaired) electrons.